The summed E-state index contributed by atoms with van der Waals surface area (Å²) in [7, 11) is 0. The minimum absolute atomic E-state index is 0.479. The molecule has 1 aromatic rings. The molecule has 0 fully saturated rings. The van der Waals surface area contributed by atoms with Gasteiger partial charge in [0.25, 0.3) is 0 Å². The number of rotatable bonds is 5. The topological polar surface area (TPSA) is 40.5 Å². The highest BCUT2D eigenvalue weighted by Gasteiger charge is 2.19. The van der Waals surface area contributed by atoms with E-state index in [1.165, 1.54) is 0 Å². The molecule has 0 aliphatic heterocycles. The van der Waals surface area contributed by atoms with Gasteiger partial charge in [-0.3, -0.25) is 0 Å². The number of carbonyl (C=O) groups is 1. The zero-order chi connectivity index (χ0) is 11.3. The first-order valence-corrected chi connectivity index (χ1v) is 5.21. The third kappa shape index (κ3) is 2.98. The van der Waals surface area contributed by atoms with E-state index in [-0.39, 0.29) is 0 Å². The van der Waals surface area contributed by atoms with Gasteiger partial charge in [-0.05, 0) is 25.5 Å². The van der Waals surface area contributed by atoms with Gasteiger partial charge in [-0.2, -0.15) is 0 Å². The summed E-state index contributed by atoms with van der Waals surface area (Å²) < 4.78 is 0. The summed E-state index contributed by atoms with van der Waals surface area (Å²) >= 11 is 0. The number of hydrogen-bond donors (Lipinski definition) is 1. The smallest absolute Gasteiger partial charge is 0.326 e. The summed E-state index contributed by atoms with van der Waals surface area (Å²) in [6, 6.07) is 9.18. The number of para-hydroxylation sites is 1. The van der Waals surface area contributed by atoms with Crippen LogP contribution in [0.3, 0.4) is 0 Å². The molecule has 3 nitrogen and oxygen atoms in total. The monoisotopic (exact) mass is 207 g/mol. The van der Waals surface area contributed by atoms with Crippen LogP contribution >= 0.6 is 0 Å². The van der Waals surface area contributed by atoms with E-state index in [9.17, 15) is 4.79 Å². The molecule has 0 saturated carbocycles. The number of benzene rings is 1. The number of aliphatic carboxylic acids is 1. The van der Waals surface area contributed by atoms with Gasteiger partial charge in [-0.25, -0.2) is 4.79 Å². The van der Waals surface area contributed by atoms with Crippen molar-refractivity contribution in [2.75, 3.05) is 11.4 Å². The first-order valence-electron chi connectivity index (χ1n) is 5.21. The summed E-state index contributed by atoms with van der Waals surface area (Å²) in [6.07, 6.45) is 0.937. The SMILES string of the molecule is CCCN(c1ccccc1)[C@H](C)C(=O)O. The zero-order valence-electron chi connectivity index (χ0n) is 9.18. The molecule has 82 valence electrons. The van der Waals surface area contributed by atoms with Crippen LogP contribution in [0, 0.1) is 0 Å². The fourth-order valence-corrected chi connectivity index (χ4v) is 1.54. The fraction of sp³-hybridized carbons (Fsp3) is 0.417. The molecule has 0 aliphatic carbocycles. The van der Waals surface area contributed by atoms with Gasteiger partial charge in [0.15, 0.2) is 0 Å². The lowest BCUT2D eigenvalue weighted by atomic mass is 10.2. The van der Waals surface area contributed by atoms with Gasteiger partial charge in [0.2, 0.25) is 0 Å². The lowest BCUT2D eigenvalue weighted by Crippen LogP contribution is -2.39. The Hall–Kier alpha value is -1.51. The van der Waals surface area contributed by atoms with E-state index in [1.807, 2.05) is 42.2 Å². The van der Waals surface area contributed by atoms with Crippen LogP contribution in [0.4, 0.5) is 5.69 Å². The van der Waals surface area contributed by atoms with Crippen LogP contribution in [0.15, 0.2) is 30.3 Å². The van der Waals surface area contributed by atoms with Crippen LogP contribution in [-0.4, -0.2) is 23.7 Å². The predicted molar refractivity (Wildman–Crippen MR) is 61.2 cm³/mol. The highest BCUT2D eigenvalue weighted by atomic mass is 16.4. The molecule has 0 heterocycles. The molecule has 15 heavy (non-hydrogen) atoms. The standard InChI is InChI=1S/C12H17NO2/c1-3-9-13(10(2)12(14)15)11-7-5-4-6-8-11/h4-8,10H,3,9H2,1-2H3,(H,14,15)/t10-/m1/s1. The molecule has 0 aromatic heterocycles. The van der Waals surface area contributed by atoms with Crippen molar-refractivity contribution in [1.82, 2.24) is 0 Å². The van der Waals surface area contributed by atoms with Crippen molar-refractivity contribution >= 4 is 11.7 Å². The minimum Gasteiger partial charge on any atom is -0.480 e. The van der Waals surface area contributed by atoms with Crippen molar-refractivity contribution in [3.05, 3.63) is 30.3 Å². The fourth-order valence-electron chi connectivity index (χ4n) is 1.54. The van der Waals surface area contributed by atoms with Gasteiger partial charge in [0.1, 0.15) is 6.04 Å². The van der Waals surface area contributed by atoms with Gasteiger partial charge in [-0.15, -0.1) is 0 Å². The second-order valence-electron chi connectivity index (χ2n) is 3.54. The Morgan fingerprint density at radius 1 is 1.40 bits per heavy atom. The molecule has 0 radical (unpaired) electrons. The quantitative estimate of drug-likeness (QED) is 0.805. The van der Waals surface area contributed by atoms with E-state index in [0.717, 1.165) is 18.7 Å². The Balaban J connectivity index is 2.87. The van der Waals surface area contributed by atoms with Crippen molar-refractivity contribution in [3.8, 4) is 0 Å². The summed E-state index contributed by atoms with van der Waals surface area (Å²) in [5.74, 6) is -0.785. The normalized spacial score (nSPS) is 12.1. The third-order valence-electron chi connectivity index (χ3n) is 2.38. The average molecular weight is 207 g/mol. The minimum atomic E-state index is -0.785. The van der Waals surface area contributed by atoms with E-state index >= 15 is 0 Å². The summed E-state index contributed by atoms with van der Waals surface area (Å²) in [6.45, 7) is 4.52. The molecule has 1 aromatic carbocycles. The second kappa shape index (κ2) is 5.39. The van der Waals surface area contributed by atoms with E-state index in [1.54, 1.807) is 6.92 Å². The van der Waals surface area contributed by atoms with Gasteiger partial charge in [-0.1, -0.05) is 25.1 Å². The molecule has 1 rings (SSSR count). The summed E-state index contributed by atoms with van der Waals surface area (Å²) in [5, 5.41) is 9.00. The maximum atomic E-state index is 10.9. The average Bonchev–Trinajstić information content (AvgIpc) is 2.26. The first kappa shape index (κ1) is 11.6. The van der Waals surface area contributed by atoms with Gasteiger partial charge >= 0.3 is 5.97 Å². The Bertz CT molecular complexity index is 311. The summed E-state index contributed by atoms with van der Waals surface area (Å²) in [4.78, 5) is 12.9. The molecule has 0 unspecified atom stereocenters. The lowest BCUT2D eigenvalue weighted by Gasteiger charge is -2.28. The van der Waals surface area contributed by atoms with Gasteiger partial charge in [0, 0.05) is 12.2 Å². The van der Waals surface area contributed by atoms with Crippen molar-refractivity contribution in [2.24, 2.45) is 0 Å². The lowest BCUT2D eigenvalue weighted by molar-refractivity contribution is -0.138. The molecular formula is C12H17NO2. The van der Waals surface area contributed by atoms with Crippen LogP contribution < -0.4 is 4.90 Å². The molecule has 0 saturated heterocycles. The third-order valence-corrected chi connectivity index (χ3v) is 2.38. The maximum Gasteiger partial charge on any atom is 0.326 e. The molecule has 0 amide bonds. The number of carboxylic acids is 1. The molecule has 0 aliphatic rings. The second-order valence-corrected chi connectivity index (χ2v) is 3.54. The Morgan fingerprint density at radius 3 is 2.47 bits per heavy atom. The molecule has 0 spiro atoms. The van der Waals surface area contributed by atoms with Crippen LogP contribution in [0.1, 0.15) is 20.3 Å². The van der Waals surface area contributed by atoms with Crippen LogP contribution in [0.25, 0.3) is 0 Å². The summed E-state index contributed by atoms with van der Waals surface area (Å²) in [5.41, 5.74) is 0.967. The number of nitrogens with zero attached hydrogens (tertiary/aromatic N) is 1. The zero-order valence-corrected chi connectivity index (χ0v) is 9.18. The molecule has 3 heteroatoms. The van der Waals surface area contributed by atoms with E-state index in [2.05, 4.69) is 0 Å². The van der Waals surface area contributed by atoms with E-state index in [0.29, 0.717) is 0 Å². The molecular weight excluding hydrogens is 190 g/mol. The van der Waals surface area contributed by atoms with E-state index < -0.39 is 12.0 Å². The van der Waals surface area contributed by atoms with Crippen molar-refractivity contribution < 1.29 is 9.90 Å². The molecule has 1 N–H and O–H groups in total. The maximum absolute atomic E-state index is 10.9. The number of hydrogen-bond acceptors (Lipinski definition) is 2. The highest BCUT2D eigenvalue weighted by molar-refractivity contribution is 5.77. The van der Waals surface area contributed by atoms with Crippen LogP contribution in [0.5, 0.6) is 0 Å². The van der Waals surface area contributed by atoms with Crippen molar-refractivity contribution in [3.63, 3.8) is 0 Å². The Labute approximate surface area is 90.3 Å². The van der Waals surface area contributed by atoms with Crippen molar-refractivity contribution in [2.45, 2.75) is 26.3 Å². The van der Waals surface area contributed by atoms with Gasteiger partial charge in [0.05, 0.1) is 0 Å². The molecule has 1 atom stereocenters. The largest absolute Gasteiger partial charge is 0.480 e. The van der Waals surface area contributed by atoms with Crippen LogP contribution in [0.2, 0.25) is 0 Å². The van der Waals surface area contributed by atoms with E-state index in [4.69, 9.17) is 5.11 Å². The Kier molecular flexibility index (Phi) is 4.16. The predicted octanol–water partition coefficient (Wildman–Crippen LogP) is 2.38. The Morgan fingerprint density at radius 2 is 2.00 bits per heavy atom. The number of carboxylic acid groups (broad SMARTS) is 1. The number of anilines is 1. The first-order chi connectivity index (χ1) is 7.16. The molecule has 0 bridgehead atoms. The van der Waals surface area contributed by atoms with Crippen LogP contribution in [-0.2, 0) is 4.79 Å². The highest BCUT2D eigenvalue weighted by Crippen LogP contribution is 2.16. The van der Waals surface area contributed by atoms with Gasteiger partial charge < -0.3 is 10.0 Å². The van der Waals surface area contributed by atoms with Crippen molar-refractivity contribution in [1.29, 1.82) is 0 Å².